The largest absolute Gasteiger partial charge is 0.493 e. The predicted molar refractivity (Wildman–Crippen MR) is 113 cm³/mol. The van der Waals surface area contributed by atoms with E-state index >= 15 is 0 Å². The zero-order chi connectivity index (χ0) is 20.1. The van der Waals surface area contributed by atoms with Gasteiger partial charge in [0.15, 0.2) is 0 Å². The molecule has 1 aromatic heterocycles. The lowest BCUT2D eigenvalue weighted by Crippen LogP contribution is -2.45. The molecule has 2 aromatic rings. The molecule has 2 aliphatic rings. The van der Waals surface area contributed by atoms with E-state index in [9.17, 15) is 4.79 Å². The second-order valence-corrected chi connectivity index (χ2v) is 7.71. The average molecular weight is 396 g/mol. The van der Waals surface area contributed by atoms with Crippen LogP contribution in [0.2, 0.25) is 0 Å². The molecule has 1 fully saturated rings. The maximum absolute atomic E-state index is 12.4. The number of carbonyl (C=O) groups excluding carboxylic acids is 1. The quantitative estimate of drug-likeness (QED) is 0.812. The average Bonchev–Trinajstić information content (AvgIpc) is 2.77. The summed E-state index contributed by atoms with van der Waals surface area (Å²) in [4.78, 5) is 21.6. The summed E-state index contributed by atoms with van der Waals surface area (Å²) < 4.78 is 5.70. The van der Waals surface area contributed by atoms with Crippen molar-refractivity contribution in [2.45, 2.75) is 18.9 Å². The third-order valence-corrected chi connectivity index (χ3v) is 5.70. The van der Waals surface area contributed by atoms with Crippen LogP contribution < -0.4 is 20.3 Å². The van der Waals surface area contributed by atoms with E-state index in [4.69, 9.17) is 4.74 Å². The van der Waals surface area contributed by atoms with E-state index in [1.165, 1.54) is 5.56 Å². The van der Waals surface area contributed by atoms with Crippen molar-refractivity contribution in [3.8, 4) is 5.75 Å². The van der Waals surface area contributed by atoms with E-state index in [1.54, 1.807) is 0 Å². The van der Waals surface area contributed by atoms with Gasteiger partial charge in [0, 0.05) is 56.9 Å². The molecule has 1 saturated heterocycles. The number of nitrogens with one attached hydrogen (secondary N) is 2. The molecule has 7 heteroatoms. The second-order valence-electron chi connectivity index (χ2n) is 7.71. The standard InChI is InChI=1S/C22H29N5O2/c1-26-10-12-27(13-11-26)21-18(5-4-9-23-21)16-25-22(28)24-15-17-8-14-29-20-7-3-2-6-19(17)20/h2-7,9,17H,8,10-16H2,1H3,(H2,24,25,28). The molecule has 7 nitrogen and oxygen atoms in total. The number of urea groups is 1. The number of hydrogen-bond acceptors (Lipinski definition) is 5. The zero-order valence-corrected chi connectivity index (χ0v) is 16.9. The maximum Gasteiger partial charge on any atom is 0.315 e. The number of fused-ring (bicyclic) bond motifs is 1. The Balaban J connectivity index is 1.31. The minimum atomic E-state index is -0.151. The molecule has 1 aromatic carbocycles. The maximum atomic E-state index is 12.4. The number of pyridine rings is 1. The number of hydrogen-bond donors (Lipinski definition) is 2. The van der Waals surface area contributed by atoms with Crippen molar-refractivity contribution >= 4 is 11.8 Å². The van der Waals surface area contributed by atoms with Crippen molar-refractivity contribution in [2.24, 2.45) is 0 Å². The number of likely N-dealkylation sites (N-methyl/N-ethyl adjacent to an activating group) is 1. The number of benzene rings is 1. The van der Waals surface area contributed by atoms with Crippen LogP contribution in [0.4, 0.5) is 10.6 Å². The van der Waals surface area contributed by atoms with Gasteiger partial charge in [-0.15, -0.1) is 0 Å². The summed E-state index contributed by atoms with van der Waals surface area (Å²) in [5, 5.41) is 6.01. The molecule has 0 saturated carbocycles. The molecular weight excluding hydrogens is 366 g/mol. The third kappa shape index (κ3) is 4.79. The number of nitrogens with zero attached hydrogens (tertiary/aromatic N) is 3. The van der Waals surface area contributed by atoms with E-state index in [0.717, 1.165) is 49.7 Å². The van der Waals surface area contributed by atoms with Crippen LogP contribution in [-0.2, 0) is 6.54 Å². The molecule has 2 aliphatic heterocycles. The molecule has 1 unspecified atom stereocenters. The second kappa shape index (κ2) is 9.13. The van der Waals surface area contributed by atoms with Gasteiger partial charge in [0.1, 0.15) is 11.6 Å². The van der Waals surface area contributed by atoms with E-state index in [1.807, 2.05) is 36.5 Å². The Labute approximate surface area is 172 Å². The van der Waals surface area contributed by atoms with Crippen molar-refractivity contribution in [2.75, 3.05) is 51.3 Å². The lowest BCUT2D eigenvalue weighted by atomic mass is 9.93. The zero-order valence-electron chi connectivity index (χ0n) is 16.9. The Morgan fingerprint density at radius 2 is 1.97 bits per heavy atom. The van der Waals surface area contributed by atoms with Crippen molar-refractivity contribution in [1.29, 1.82) is 0 Å². The third-order valence-electron chi connectivity index (χ3n) is 5.70. The van der Waals surface area contributed by atoms with Gasteiger partial charge in [-0.2, -0.15) is 0 Å². The molecule has 0 radical (unpaired) electrons. The Bertz CT molecular complexity index is 835. The van der Waals surface area contributed by atoms with Crippen molar-refractivity contribution in [3.63, 3.8) is 0 Å². The Hall–Kier alpha value is -2.80. The smallest absolute Gasteiger partial charge is 0.315 e. The molecule has 0 bridgehead atoms. The molecule has 29 heavy (non-hydrogen) atoms. The van der Waals surface area contributed by atoms with Crippen molar-refractivity contribution in [1.82, 2.24) is 20.5 Å². The fourth-order valence-corrected chi connectivity index (χ4v) is 3.95. The number of amides is 2. The van der Waals surface area contributed by atoms with Gasteiger partial charge in [0.2, 0.25) is 0 Å². The number of ether oxygens (including phenoxy) is 1. The minimum absolute atomic E-state index is 0.151. The molecule has 1 atom stereocenters. The highest BCUT2D eigenvalue weighted by molar-refractivity contribution is 5.74. The topological polar surface area (TPSA) is 69.7 Å². The SMILES string of the molecule is CN1CCN(c2ncccc2CNC(=O)NCC2CCOc3ccccc32)CC1. The molecule has 154 valence electrons. The number of carbonyl (C=O) groups is 1. The summed E-state index contributed by atoms with van der Waals surface area (Å²) in [6.07, 6.45) is 2.73. The van der Waals surface area contributed by atoms with Gasteiger partial charge in [0.05, 0.1) is 6.61 Å². The van der Waals surface area contributed by atoms with Crippen LogP contribution in [0.1, 0.15) is 23.5 Å². The van der Waals surface area contributed by atoms with Gasteiger partial charge in [-0.1, -0.05) is 24.3 Å². The Morgan fingerprint density at radius 3 is 2.83 bits per heavy atom. The molecule has 4 rings (SSSR count). The first-order valence-corrected chi connectivity index (χ1v) is 10.3. The lowest BCUT2D eigenvalue weighted by molar-refractivity contribution is 0.235. The summed E-state index contributed by atoms with van der Waals surface area (Å²) >= 11 is 0. The molecule has 0 aliphatic carbocycles. The molecule has 0 spiro atoms. The van der Waals surface area contributed by atoms with E-state index in [2.05, 4.69) is 38.5 Å². The van der Waals surface area contributed by atoms with Crippen LogP contribution in [0.5, 0.6) is 5.75 Å². The van der Waals surface area contributed by atoms with Crippen molar-refractivity contribution in [3.05, 3.63) is 53.7 Å². The van der Waals surface area contributed by atoms with Crippen LogP contribution in [0.15, 0.2) is 42.6 Å². The summed E-state index contributed by atoms with van der Waals surface area (Å²) in [6.45, 7) is 5.71. The van der Waals surface area contributed by atoms with Crippen LogP contribution in [0.25, 0.3) is 0 Å². The fraction of sp³-hybridized carbons (Fsp3) is 0.455. The number of rotatable bonds is 5. The highest BCUT2D eigenvalue weighted by Crippen LogP contribution is 2.32. The highest BCUT2D eigenvalue weighted by atomic mass is 16.5. The number of piperazine rings is 1. The highest BCUT2D eigenvalue weighted by Gasteiger charge is 2.22. The fourth-order valence-electron chi connectivity index (χ4n) is 3.95. The summed E-state index contributed by atoms with van der Waals surface area (Å²) in [7, 11) is 2.14. The number of anilines is 1. The normalized spacial score (nSPS) is 19.2. The van der Waals surface area contributed by atoms with Gasteiger partial charge < -0.3 is 25.2 Å². The molecule has 2 amide bonds. The number of para-hydroxylation sites is 1. The van der Waals surface area contributed by atoms with Gasteiger partial charge >= 0.3 is 6.03 Å². The first-order chi connectivity index (χ1) is 14.2. The first-order valence-electron chi connectivity index (χ1n) is 10.3. The molecule has 2 N–H and O–H groups in total. The van der Waals surface area contributed by atoms with E-state index < -0.39 is 0 Å². The van der Waals surface area contributed by atoms with Gasteiger partial charge in [0.25, 0.3) is 0 Å². The van der Waals surface area contributed by atoms with Crippen LogP contribution in [-0.4, -0.2) is 62.3 Å². The van der Waals surface area contributed by atoms with Gasteiger partial charge in [-0.3, -0.25) is 0 Å². The van der Waals surface area contributed by atoms with Gasteiger partial charge in [-0.05, 0) is 31.2 Å². The predicted octanol–water partition coefficient (Wildman–Crippen LogP) is 2.20. The lowest BCUT2D eigenvalue weighted by Gasteiger charge is -2.34. The monoisotopic (exact) mass is 395 g/mol. The summed E-state index contributed by atoms with van der Waals surface area (Å²) in [5.74, 6) is 2.18. The summed E-state index contributed by atoms with van der Waals surface area (Å²) in [6, 6.07) is 11.9. The molecule has 3 heterocycles. The Morgan fingerprint density at radius 1 is 1.14 bits per heavy atom. The van der Waals surface area contributed by atoms with Crippen LogP contribution in [0.3, 0.4) is 0 Å². The Kier molecular flexibility index (Phi) is 6.14. The number of aromatic nitrogens is 1. The van der Waals surface area contributed by atoms with E-state index in [0.29, 0.717) is 19.7 Å². The van der Waals surface area contributed by atoms with Crippen molar-refractivity contribution < 1.29 is 9.53 Å². The summed E-state index contributed by atoms with van der Waals surface area (Å²) in [5.41, 5.74) is 2.22. The minimum Gasteiger partial charge on any atom is -0.493 e. The van der Waals surface area contributed by atoms with Crippen LogP contribution in [0, 0.1) is 0 Å². The van der Waals surface area contributed by atoms with Crippen LogP contribution >= 0.6 is 0 Å². The van der Waals surface area contributed by atoms with Gasteiger partial charge in [-0.25, -0.2) is 9.78 Å². The van der Waals surface area contributed by atoms with E-state index in [-0.39, 0.29) is 11.9 Å². The molecular formula is C22H29N5O2. The first kappa shape index (κ1) is 19.5.